The van der Waals surface area contributed by atoms with Gasteiger partial charge in [0.1, 0.15) is 6.61 Å². The number of allylic oxidation sites excluding steroid dienone is 2. The van der Waals surface area contributed by atoms with E-state index in [0.29, 0.717) is 40.5 Å². The number of esters is 1. The molecule has 0 bridgehead atoms. The molecule has 1 N–H and O–H groups in total. The summed E-state index contributed by atoms with van der Waals surface area (Å²) in [6.45, 7) is 6.28. The van der Waals surface area contributed by atoms with Crippen LogP contribution in [0.25, 0.3) is 5.70 Å². The summed E-state index contributed by atoms with van der Waals surface area (Å²) < 4.78 is 18.2. The number of hydrogen-bond donors (Lipinski definition) is 1. The van der Waals surface area contributed by atoms with Gasteiger partial charge in [0, 0.05) is 28.3 Å². The Kier molecular flexibility index (Phi) is 7.29. The van der Waals surface area contributed by atoms with Crippen molar-refractivity contribution in [2.24, 2.45) is 0 Å². The van der Waals surface area contributed by atoms with Crippen LogP contribution in [0.3, 0.4) is 0 Å². The van der Waals surface area contributed by atoms with Crippen LogP contribution in [0.15, 0.2) is 77.5 Å². The number of benzene rings is 3. The van der Waals surface area contributed by atoms with Crippen molar-refractivity contribution in [1.29, 1.82) is 0 Å². The molecule has 6 nitrogen and oxygen atoms in total. The van der Waals surface area contributed by atoms with E-state index in [1.807, 2.05) is 62.4 Å². The number of carbonyl (C=O) groups excluding carboxylic acids is 2. The molecule has 0 radical (unpaired) electrons. The number of ether oxygens (including phenoxy) is 3. The van der Waals surface area contributed by atoms with Gasteiger partial charge in [-0.1, -0.05) is 54.1 Å². The number of aryl methyl sites for hydroxylation is 1. The number of halogens is 1. The average molecular weight is 621 g/mol. The maximum absolute atomic E-state index is 13.7. The summed E-state index contributed by atoms with van der Waals surface area (Å²) in [5.41, 5.74) is 6.77. The number of methoxy groups -OCH3 is 1. The first-order chi connectivity index (χ1) is 18.3. The minimum absolute atomic E-state index is 0.101. The number of carbonyl (C=O) groups is 2. The van der Waals surface area contributed by atoms with E-state index in [9.17, 15) is 9.59 Å². The first kappa shape index (κ1) is 26.0. The van der Waals surface area contributed by atoms with Crippen molar-refractivity contribution < 1.29 is 23.8 Å². The highest BCUT2D eigenvalue weighted by Crippen LogP contribution is 2.48. The van der Waals surface area contributed by atoms with Gasteiger partial charge in [-0.2, -0.15) is 0 Å². The number of Topliss-reactive ketones (excluding diaryl/α,β-unsaturated/α-hetero) is 1. The third kappa shape index (κ3) is 4.60. The summed E-state index contributed by atoms with van der Waals surface area (Å²) in [4.78, 5) is 26.9. The van der Waals surface area contributed by atoms with Crippen LogP contribution in [0.5, 0.6) is 11.5 Å². The second-order valence-electron chi connectivity index (χ2n) is 9.29. The number of hydrogen-bond acceptors (Lipinski definition) is 6. The van der Waals surface area contributed by atoms with Gasteiger partial charge in [0.05, 0.1) is 28.6 Å². The standard InChI is InChI=1S/C31H28INO5/c1-5-37-31(35)25-18(3)33-28-21-8-6-7-9-22(21)29(34)27(28)26(25)20-14-23(32)30(24(15-20)36-4)38-16-19-12-10-17(2)11-13-19/h6-15,26,33H,5,16H2,1-4H3/t26-/m1/s1. The molecule has 38 heavy (non-hydrogen) atoms. The smallest absolute Gasteiger partial charge is 0.336 e. The number of nitrogens with one attached hydrogen (secondary N) is 1. The summed E-state index contributed by atoms with van der Waals surface area (Å²) in [5.74, 6) is -0.0372. The van der Waals surface area contributed by atoms with Gasteiger partial charge in [0.15, 0.2) is 17.3 Å². The molecular weight excluding hydrogens is 593 g/mol. The fourth-order valence-corrected chi connectivity index (χ4v) is 5.81. The van der Waals surface area contributed by atoms with Crippen molar-refractivity contribution in [3.63, 3.8) is 0 Å². The van der Waals surface area contributed by atoms with E-state index >= 15 is 0 Å². The van der Waals surface area contributed by atoms with E-state index in [1.54, 1.807) is 14.0 Å². The summed E-state index contributed by atoms with van der Waals surface area (Å²) in [6.07, 6.45) is 0. The SMILES string of the molecule is CCOC(=O)C1=C(C)NC2=C(C(=O)c3ccccc32)[C@@H]1c1cc(I)c(OCc2ccc(C)cc2)c(OC)c1. The lowest BCUT2D eigenvalue weighted by Crippen LogP contribution is -2.29. The minimum atomic E-state index is -0.626. The zero-order valence-corrected chi connectivity index (χ0v) is 23.8. The van der Waals surface area contributed by atoms with Crippen LogP contribution in [-0.2, 0) is 16.1 Å². The Balaban J connectivity index is 1.60. The molecule has 0 saturated heterocycles. The summed E-state index contributed by atoms with van der Waals surface area (Å²) >= 11 is 2.22. The van der Waals surface area contributed by atoms with E-state index in [4.69, 9.17) is 14.2 Å². The van der Waals surface area contributed by atoms with Gasteiger partial charge >= 0.3 is 5.97 Å². The van der Waals surface area contributed by atoms with Crippen molar-refractivity contribution in [2.75, 3.05) is 13.7 Å². The van der Waals surface area contributed by atoms with Gasteiger partial charge in [0.2, 0.25) is 0 Å². The average Bonchev–Trinajstić information content (AvgIpc) is 3.19. The predicted molar refractivity (Wildman–Crippen MR) is 154 cm³/mol. The quantitative estimate of drug-likeness (QED) is 0.246. The molecule has 5 rings (SSSR count). The van der Waals surface area contributed by atoms with Crippen LogP contribution in [-0.4, -0.2) is 25.5 Å². The molecule has 194 valence electrons. The van der Waals surface area contributed by atoms with E-state index in [1.165, 1.54) is 5.56 Å². The maximum atomic E-state index is 13.7. The highest BCUT2D eigenvalue weighted by molar-refractivity contribution is 14.1. The molecule has 3 aromatic carbocycles. The number of fused-ring (bicyclic) bond motifs is 2. The summed E-state index contributed by atoms with van der Waals surface area (Å²) in [6, 6.07) is 19.5. The molecule has 1 aliphatic heterocycles. The van der Waals surface area contributed by atoms with Crippen molar-refractivity contribution in [3.8, 4) is 11.5 Å². The van der Waals surface area contributed by atoms with Crippen molar-refractivity contribution in [1.82, 2.24) is 5.32 Å². The normalized spacial score (nSPS) is 16.1. The molecule has 0 fully saturated rings. The zero-order valence-electron chi connectivity index (χ0n) is 21.7. The van der Waals surface area contributed by atoms with Crippen LogP contribution >= 0.6 is 22.6 Å². The molecule has 2 aliphatic rings. The summed E-state index contributed by atoms with van der Waals surface area (Å²) in [5, 5.41) is 3.33. The molecular formula is C31H28INO5. The Morgan fingerprint density at radius 1 is 1.03 bits per heavy atom. The molecule has 0 unspecified atom stereocenters. The lowest BCUT2D eigenvalue weighted by molar-refractivity contribution is -0.138. The fourth-order valence-electron chi connectivity index (χ4n) is 5.03. The van der Waals surface area contributed by atoms with Gasteiger partial charge < -0.3 is 19.5 Å². The third-order valence-electron chi connectivity index (χ3n) is 6.83. The van der Waals surface area contributed by atoms with Crippen LogP contribution < -0.4 is 14.8 Å². The summed E-state index contributed by atoms with van der Waals surface area (Å²) in [7, 11) is 1.59. The van der Waals surface area contributed by atoms with E-state index in [0.717, 1.165) is 26.0 Å². The first-order valence-corrected chi connectivity index (χ1v) is 13.5. The Bertz CT molecular complexity index is 1500. The molecule has 1 aliphatic carbocycles. The largest absolute Gasteiger partial charge is 0.493 e. The van der Waals surface area contributed by atoms with Gasteiger partial charge in [-0.15, -0.1) is 0 Å². The van der Waals surface area contributed by atoms with Crippen molar-refractivity contribution in [3.05, 3.63) is 109 Å². The topological polar surface area (TPSA) is 73.9 Å². The lowest BCUT2D eigenvalue weighted by atomic mass is 9.79. The Morgan fingerprint density at radius 3 is 2.42 bits per heavy atom. The van der Waals surface area contributed by atoms with E-state index < -0.39 is 11.9 Å². The van der Waals surface area contributed by atoms with Gasteiger partial charge in [-0.3, -0.25) is 4.79 Å². The van der Waals surface area contributed by atoms with Crippen molar-refractivity contribution >= 4 is 40.0 Å². The number of ketones is 1. The predicted octanol–water partition coefficient (Wildman–Crippen LogP) is 6.32. The maximum Gasteiger partial charge on any atom is 0.336 e. The Hall–Kier alpha value is -3.59. The molecule has 0 amide bonds. The molecule has 1 atom stereocenters. The third-order valence-corrected chi connectivity index (χ3v) is 7.63. The van der Waals surface area contributed by atoms with Crippen LogP contribution in [0.2, 0.25) is 0 Å². The van der Waals surface area contributed by atoms with Gasteiger partial charge in [0.25, 0.3) is 0 Å². The molecule has 1 heterocycles. The van der Waals surface area contributed by atoms with Crippen molar-refractivity contribution in [2.45, 2.75) is 33.3 Å². The second kappa shape index (κ2) is 10.6. The minimum Gasteiger partial charge on any atom is -0.493 e. The number of dihydropyridines is 1. The van der Waals surface area contributed by atoms with Crippen LogP contribution in [0, 0.1) is 10.5 Å². The monoisotopic (exact) mass is 621 g/mol. The fraction of sp³-hybridized carbons (Fsp3) is 0.226. The zero-order chi connectivity index (χ0) is 27.0. The molecule has 3 aromatic rings. The number of rotatable bonds is 7. The second-order valence-corrected chi connectivity index (χ2v) is 10.5. The van der Waals surface area contributed by atoms with Crippen LogP contribution in [0.4, 0.5) is 0 Å². The molecule has 7 heteroatoms. The Labute approximate surface area is 235 Å². The first-order valence-electron chi connectivity index (χ1n) is 12.4. The van der Waals surface area contributed by atoms with Gasteiger partial charge in [-0.25, -0.2) is 4.79 Å². The highest BCUT2D eigenvalue weighted by Gasteiger charge is 2.43. The van der Waals surface area contributed by atoms with Gasteiger partial charge in [-0.05, 0) is 66.6 Å². The highest BCUT2D eigenvalue weighted by atomic mass is 127. The molecule has 0 saturated carbocycles. The Morgan fingerprint density at radius 2 is 1.74 bits per heavy atom. The van der Waals surface area contributed by atoms with Crippen LogP contribution in [0.1, 0.15) is 52.4 Å². The van der Waals surface area contributed by atoms with E-state index in [-0.39, 0.29) is 12.4 Å². The molecule has 0 aromatic heterocycles. The van der Waals surface area contributed by atoms with E-state index in [2.05, 4.69) is 40.0 Å². The lowest BCUT2D eigenvalue weighted by Gasteiger charge is -2.30. The molecule has 0 spiro atoms.